The van der Waals surface area contributed by atoms with E-state index in [1.807, 2.05) is 11.8 Å². The van der Waals surface area contributed by atoms with Crippen molar-refractivity contribution in [3.63, 3.8) is 0 Å². The van der Waals surface area contributed by atoms with Crippen molar-refractivity contribution in [3.05, 3.63) is 29.8 Å². The van der Waals surface area contributed by atoms with Crippen LogP contribution in [0, 0.1) is 0 Å². The third kappa shape index (κ3) is 5.47. The fraction of sp³-hybridized carbons (Fsp3) is 0.647. The van der Waals surface area contributed by atoms with Crippen LogP contribution in [0.5, 0.6) is 0 Å². The zero-order valence-corrected chi connectivity index (χ0v) is 14.3. The molecule has 0 saturated carbocycles. The standard InChI is InChI=1S/C17H29NOS/c1-6-18-17(5,13-19)11-12-20-15-9-7-14(8-10-15)16(2,3)4/h7-10,18-19H,6,11-13H2,1-5H3. The molecule has 0 saturated heterocycles. The first-order valence-electron chi connectivity index (χ1n) is 7.40. The van der Waals surface area contributed by atoms with Gasteiger partial charge < -0.3 is 10.4 Å². The maximum absolute atomic E-state index is 9.47. The molecule has 114 valence electrons. The molecule has 1 atom stereocenters. The van der Waals surface area contributed by atoms with Crippen molar-refractivity contribution in [2.24, 2.45) is 0 Å². The predicted molar refractivity (Wildman–Crippen MR) is 89.7 cm³/mol. The van der Waals surface area contributed by atoms with Gasteiger partial charge in [-0.2, -0.15) is 0 Å². The molecule has 0 aromatic heterocycles. The highest BCUT2D eigenvalue weighted by molar-refractivity contribution is 7.99. The highest BCUT2D eigenvalue weighted by Crippen LogP contribution is 2.26. The smallest absolute Gasteiger partial charge is 0.0610 e. The number of thioether (sulfide) groups is 1. The molecule has 0 radical (unpaired) electrons. The molecule has 1 aromatic carbocycles. The average Bonchev–Trinajstić information content (AvgIpc) is 2.38. The first-order chi connectivity index (χ1) is 9.30. The highest BCUT2D eigenvalue weighted by atomic mass is 32.2. The van der Waals surface area contributed by atoms with E-state index in [0.717, 1.165) is 18.7 Å². The summed E-state index contributed by atoms with van der Waals surface area (Å²) in [5.74, 6) is 1.01. The van der Waals surface area contributed by atoms with E-state index in [4.69, 9.17) is 0 Å². The Hall–Kier alpha value is -0.510. The Kier molecular flexibility index (Phi) is 6.56. The van der Waals surface area contributed by atoms with Crippen LogP contribution >= 0.6 is 11.8 Å². The summed E-state index contributed by atoms with van der Waals surface area (Å²) in [6.45, 7) is 11.9. The van der Waals surface area contributed by atoms with Crippen molar-refractivity contribution in [1.29, 1.82) is 0 Å². The van der Waals surface area contributed by atoms with Crippen molar-refractivity contribution in [2.75, 3.05) is 18.9 Å². The van der Waals surface area contributed by atoms with Crippen LogP contribution in [0.15, 0.2) is 29.2 Å². The number of aliphatic hydroxyl groups is 1. The lowest BCUT2D eigenvalue weighted by atomic mass is 9.87. The van der Waals surface area contributed by atoms with Crippen molar-refractivity contribution in [3.8, 4) is 0 Å². The quantitative estimate of drug-likeness (QED) is 0.750. The van der Waals surface area contributed by atoms with Crippen molar-refractivity contribution < 1.29 is 5.11 Å². The van der Waals surface area contributed by atoms with Crippen LogP contribution in [-0.4, -0.2) is 29.5 Å². The van der Waals surface area contributed by atoms with Gasteiger partial charge >= 0.3 is 0 Å². The van der Waals surface area contributed by atoms with E-state index in [2.05, 4.69) is 64.2 Å². The molecule has 1 aromatic rings. The first kappa shape index (κ1) is 17.5. The third-order valence-corrected chi connectivity index (χ3v) is 4.61. The van der Waals surface area contributed by atoms with E-state index in [-0.39, 0.29) is 17.6 Å². The Balaban J connectivity index is 2.50. The van der Waals surface area contributed by atoms with Crippen LogP contribution in [0.3, 0.4) is 0 Å². The minimum absolute atomic E-state index is 0.160. The van der Waals surface area contributed by atoms with Crippen LogP contribution in [0.4, 0.5) is 0 Å². The van der Waals surface area contributed by atoms with Crippen LogP contribution < -0.4 is 5.32 Å². The summed E-state index contributed by atoms with van der Waals surface area (Å²) in [5.41, 5.74) is 1.42. The summed E-state index contributed by atoms with van der Waals surface area (Å²) in [7, 11) is 0. The largest absolute Gasteiger partial charge is 0.394 e. The topological polar surface area (TPSA) is 32.3 Å². The van der Waals surface area contributed by atoms with Crippen LogP contribution in [0.25, 0.3) is 0 Å². The van der Waals surface area contributed by atoms with Crippen LogP contribution in [-0.2, 0) is 5.41 Å². The van der Waals surface area contributed by atoms with Gasteiger partial charge in [-0.25, -0.2) is 0 Å². The minimum Gasteiger partial charge on any atom is -0.394 e. The van der Waals surface area contributed by atoms with E-state index in [1.165, 1.54) is 10.5 Å². The Morgan fingerprint density at radius 2 is 1.70 bits per heavy atom. The SMILES string of the molecule is CCNC(C)(CO)CCSc1ccc(C(C)(C)C)cc1. The Morgan fingerprint density at radius 3 is 2.15 bits per heavy atom. The van der Waals surface area contributed by atoms with E-state index >= 15 is 0 Å². The van der Waals surface area contributed by atoms with Gasteiger partial charge in [0.15, 0.2) is 0 Å². The van der Waals surface area contributed by atoms with Crippen LogP contribution in [0.2, 0.25) is 0 Å². The molecular formula is C17H29NOS. The normalized spacial score (nSPS) is 15.1. The van der Waals surface area contributed by atoms with Crippen LogP contribution in [0.1, 0.15) is 46.6 Å². The summed E-state index contributed by atoms with van der Waals surface area (Å²) in [5, 5.41) is 12.8. The van der Waals surface area contributed by atoms with E-state index in [1.54, 1.807) is 0 Å². The molecule has 3 heteroatoms. The number of hydrogen-bond donors (Lipinski definition) is 2. The molecule has 0 aliphatic rings. The summed E-state index contributed by atoms with van der Waals surface area (Å²) < 4.78 is 0. The predicted octanol–water partition coefficient (Wildman–Crippen LogP) is 3.83. The fourth-order valence-electron chi connectivity index (χ4n) is 2.10. The second-order valence-electron chi connectivity index (χ2n) is 6.62. The molecule has 2 nitrogen and oxygen atoms in total. The van der Waals surface area contributed by atoms with Gasteiger partial charge in [0, 0.05) is 10.4 Å². The maximum atomic E-state index is 9.47. The number of likely N-dealkylation sites (N-methyl/N-ethyl adjacent to an activating group) is 1. The molecule has 20 heavy (non-hydrogen) atoms. The Labute approximate surface area is 128 Å². The van der Waals surface area contributed by atoms with Crippen molar-refractivity contribution >= 4 is 11.8 Å². The molecule has 0 aliphatic heterocycles. The van der Waals surface area contributed by atoms with Gasteiger partial charge in [-0.15, -0.1) is 11.8 Å². The summed E-state index contributed by atoms with van der Waals surface area (Å²) in [4.78, 5) is 1.30. The van der Waals surface area contributed by atoms with Gasteiger partial charge in [-0.1, -0.05) is 39.8 Å². The number of nitrogens with one attached hydrogen (secondary N) is 1. The van der Waals surface area contributed by atoms with Crippen molar-refractivity contribution in [1.82, 2.24) is 5.32 Å². The van der Waals surface area contributed by atoms with Gasteiger partial charge in [0.1, 0.15) is 0 Å². The molecule has 0 fully saturated rings. The second-order valence-corrected chi connectivity index (χ2v) is 7.79. The molecule has 0 spiro atoms. The maximum Gasteiger partial charge on any atom is 0.0610 e. The van der Waals surface area contributed by atoms with Gasteiger partial charge in [-0.05, 0) is 48.8 Å². The summed E-state index contributed by atoms with van der Waals surface area (Å²) >= 11 is 1.86. The Morgan fingerprint density at radius 1 is 1.10 bits per heavy atom. The number of aliphatic hydroxyl groups excluding tert-OH is 1. The molecule has 0 bridgehead atoms. The molecule has 0 heterocycles. The summed E-state index contributed by atoms with van der Waals surface area (Å²) in [6, 6.07) is 8.85. The van der Waals surface area contributed by atoms with Gasteiger partial charge in [0.05, 0.1) is 6.61 Å². The van der Waals surface area contributed by atoms with Gasteiger partial charge in [0.2, 0.25) is 0 Å². The average molecular weight is 295 g/mol. The molecule has 1 unspecified atom stereocenters. The lowest BCUT2D eigenvalue weighted by molar-refractivity contribution is 0.173. The number of benzene rings is 1. The third-order valence-electron chi connectivity index (χ3n) is 3.60. The zero-order chi connectivity index (χ0) is 15.2. The first-order valence-corrected chi connectivity index (χ1v) is 8.38. The molecule has 0 amide bonds. The number of rotatable bonds is 7. The molecular weight excluding hydrogens is 266 g/mol. The zero-order valence-electron chi connectivity index (χ0n) is 13.5. The lowest BCUT2D eigenvalue weighted by Crippen LogP contribution is -2.46. The van der Waals surface area contributed by atoms with Gasteiger partial charge in [0.25, 0.3) is 0 Å². The minimum atomic E-state index is -0.160. The van der Waals surface area contributed by atoms with Crippen molar-refractivity contribution in [2.45, 2.75) is 56.9 Å². The van der Waals surface area contributed by atoms with E-state index in [0.29, 0.717) is 0 Å². The lowest BCUT2D eigenvalue weighted by Gasteiger charge is -2.28. The van der Waals surface area contributed by atoms with Gasteiger partial charge in [-0.3, -0.25) is 0 Å². The highest BCUT2D eigenvalue weighted by Gasteiger charge is 2.21. The van der Waals surface area contributed by atoms with E-state index < -0.39 is 0 Å². The number of hydrogen-bond acceptors (Lipinski definition) is 3. The monoisotopic (exact) mass is 295 g/mol. The Bertz CT molecular complexity index is 396. The second kappa shape index (κ2) is 7.48. The molecule has 1 rings (SSSR count). The van der Waals surface area contributed by atoms with E-state index in [9.17, 15) is 5.11 Å². The molecule has 0 aliphatic carbocycles. The summed E-state index contributed by atoms with van der Waals surface area (Å²) in [6.07, 6.45) is 0.961. The molecule has 2 N–H and O–H groups in total. The fourth-order valence-corrected chi connectivity index (χ4v) is 3.21.